The second kappa shape index (κ2) is 11.0. The molecule has 1 aliphatic rings. The molecular formula is C25H28O7S. The van der Waals surface area contributed by atoms with Crippen LogP contribution in [0, 0.1) is 0 Å². The highest BCUT2D eigenvalue weighted by Crippen LogP contribution is 2.40. The summed E-state index contributed by atoms with van der Waals surface area (Å²) in [5, 5.41) is 0. The standard InChI is InChI=1S/C25H28O7S/c1-27-19-9-15(10-20(28-2)24(19)31-5)7-17-13-33-14-18(23(17)26)8-16-11-21(29-3)25(32-6)22(12-16)30-4/h7-12H,13-14H2,1-6H3/b17-7-,18-8-. The molecule has 1 saturated heterocycles. The number of carbonyl (C=O) groups is 1. The van der Waals surface area contributed by atoms with Crippen LogP contribution in [0.2, 0.25) is 0 Å². The van der Waals surface area contributed by atoms with E-state index < -0.39 is 0 Å². The van der Waals surface area contributed by atoms with Crippen LogP contribution in [-0.4, -0.2) is 59.9 Å². The van der Waals surface area contributed by atoms with E-state index in [1.165, 1.54) is 0 Å². The van der Waals surface area contributed by atoms with Gasteiger partial charge >= 0.3 is 0 Å². The molecule has 1 heterocycles. The van der Waals surface area contributed by atoms with Gasteiger partial charge in [0, 0.05) is 22.7 Å². The van der Waals surface area contributed by atoms with Crippen LogP contribution < -0.4 is 28.4 Å². The summed E-state index contributed by atoms with van der Waals surface area (Å²) in [6.07, 6.45) is 3.73. The highest BCUT2D eigenvalue weighted by Gasteiger charge is 2.22. The summed E-state index contributed by atoms with van der Waals surface area (Å²) in [5.41, 5.74) is 2.98. The Morgan fingerprint density at radius 1 is 0.606 bits per heavy atom. The van der Waals surface area contributed by atoms with Crippen LogP contribution in [-0.2, 0) is 4.79 Å². The first-order valence-corrected chi connectivity index (χ1v) is 11.3. The molecule has 0 N–H and O–H groups in total. The number of benzene rings is 2. The lowest BCUT2D eigenvalue weighted by atomic mass is 10.00. The van der Waals surface area contributed by atoms with Crippen LogP contribution in [0.1, 0.15) is 11.1 Å². The van der Waals surface area contributed by atoms with Crippen LogP contribution >= 0.6 is 11.8 Å². The van der Waals surface area contributed by atoms with Gasteiger partial charge in [-0.05, 0) is 47.5 Å². The molecule has 0 unspecified atom stereocenters. The van der Waals surface area contributed by atoms with E-state index in [4.69, 9.17) is 28.4 Å². The smallest absolute Gasteiger partial charge is 0.203 e. The van der Waals surface area contributed by atoms with Crippen molar-refractivity contribution in [3.8, 4) is 34.5 Å². The van der Waals surface area contributed by atoms with E-state index in [0.29, 0.717) is 57.1 Å². The van der Waals surface area contributed by atoms with Gasteiger partial charge in [-0.25, -0.2) is 0 Å². The van der Waals surface area contributed by atoms with Gasteiger partial charge in [0.2, 0.25) is 11.5 Å². The lowest BCUT2D eigenvalue weighted by molar-refractivity contribution is -0.112. The highest BCUT2D eigenvalue weighted by molar-refractivity contribution is 7.99. The minimum absolute atomic E-state index is 0.00347. The van der Waals surface area contributed by atoms with Crippen molar-refractivity contribution in [1.29, 1.82) is 0 Å². The number of rotatable bonds is 8. The molecule has 2 aromatic rings. The summed E-state index contributed by atoms with van der Waals surface area (Å²) in [7, 11) is 9.37. The van der Waals surface area contributed by atoms with E-state index in [1.54, 1.807) is 54.4 Å². The van der Waals surface area contributed by atoms with Crippen LogP contribution in [0.4, 0.5) is 0 Å². The summed E-state index contributed by atoms with van der Waals surface area (Å²) >= 11 is 1.68. The van der Waals surface area contributed by atoms with Gasteiger partial charge in [-0.3, -0.25) is 4.79 Å². The van der Waals surface area contributed by atoms with E-state index >= 15 is 0 Å². The van der Waals surface area contributed by atoms with Gasteiger partial charge < -0.3 is 28.4 Å². The SMILES string of the molecule is COc1cc(/C=C2/CSC/C(=C/c3cc(OC)c(OC)c(OC)c3)C2=O)cc(OC)c1OC. The fraction of sp³-hybridized carbons (Fsp3) is 0.320. The number of ketones is 1. The minimum Gasteiger partial charge on any atom is -0.493 e. The molecule has 0 aromatic heterocycles. The number of carbonyl (C=O) groups excluding carboxylic acids is 1. The van der Waals surface area contributed by atoms with E-state index in [1.807, 2.05) is 36.4 Å². The second-order valence-corrected chi connectivity index (χ2v) is 8.06. The van der Waals surface area contributed by atoms with Crippen molar-refractivity contribution in [2.75, 3.05) is 54.2 Å². The molecule has 1 aliphatic heterocycles. The fourth-order valence-electron chi connectivity index (χ4n) is 3.59. The predicted molar refractivity (Wildman–Crippen MR) is 130 cm³/mol. The molecule has 33 heavy (non-hydrogen) atoms. The maximum Gasteiger partial charge on any atom is 0.203 e. The third kappa shape index (κ3) is 5.22. The Hall–Kier alpha value is -3.26. The molecule has 0 atom stereocenters. The molecular weight excluding hydrogens is 444 g/mol. The lowest BCUT2D eigenvalue weighted by Gasteiger charge is -2.18. The topological polar surface area (TPSA) is 72.5 Å². The first-order valence-electron chi connectivity index (χ1n) is 10.1. The molecule has 176 valence electrons. The zero-order chi connectivity index (χ0) is 24.0. The van der Waals surface area contributed by atoms with Gasteiger partial charge in [-0.2, -0.15) is 11.8 Å². The lowest BCUT2D eigenvalue weighted by Crippen LogP contribution is -2.16. The molecule has 2 aromatic carbocycles. The molecule has 3 rings (SSSR count). The summed E-state index contributed by atoms with van der Waals surface area (Å²) in [4.78, 5) is 13.3. The molecule has 0 saturated carbocycles. The van der Waals surface area contributed by atoms with E-state index in [0.717, 1.165) is 11.1 Å². The Balaban J connectivity index is 1.98. The molecule has 0 bridgehead atoms. The average molecular weight is 473 g/mol. The van der Waals surface area contributed by atoms with Crippen molar-refractivity contribution in [3.63, 3.8) is 0 Å². The van der Waals surface area contributed by atoms with Gasteiger partial charge in [0.25, 0.3) is 0 Å². The maximum atomic E-state index is 13.3. The first-order chi connectivity index (χ1) is 16.0. The Labute approximate surface area is 198 Å². The van der Waals surface area contributed by atoms with E-state index in [-0.39, 0.29) is 5.78 Å². The third-order valence-electron chi connectivity index (χ3n) is 5.15. The van der Waals surface area contributed by atoms with Gasteiger partial charge in [0.15, 0.2) is 28.8 Å². The summed E-state index contributed by atoms with van der Waals surface area (Å²) in [6.45, 7) is 0. The van der Waals surface area contributed by atoms with Crippen LogP contribution in [0.3, 0.4) is 0 Å². The second-order valence-electron chi connectivity index (χ2n) is 7.08. The molecule has 0 aliphatic carbocycles. The Morgan fingerprint density at radius 2 is 0.939 bits per heavy atom. The third-order valence-corrected chi connectivity index (χ3v) is 6.18. The zero-order valence-corrected chi connectivity index (χ0v) is 20.5. The highest BCUT2D eigenvalue weighted by atomic mass is 32.2. The van der Waals surface area contributed by atoms with Crippen LogP contribution in [0.5, 0.6) is 34.5 Å². The van der Waals surface area contributed by atoms with Crippen LogP contribution in [0.15, 0.2) is 35.4 Å². The van der Waals surface area contributed by atoms with Crippen molar-refractivity contribution >= 4 is 29.7 Å². The zero-order valence-electron chi connectivity index (χ0n) is 19.6. The minimum atomic E-state index is -0.00347. The molecule has 0 amide bonds. The van der Waals surface area contributed by atoms with Crippen molar-refractivity contribution in [2.45, 2.75) is 0 Å². The van der Waals surface area contributed by atoms with Gasteiger partial charge in [0.05, 0.1) is 42.7 Å². The Kier molecular flexibility index (Phi) is 8.16. The van der Waals surface area contributed by atoms with Gasteiger partial charge in [-0.1, -0.05) is 0 Å². The number of Topliss-reactive ketones (excluding diaryl/α,β-unsaturated/α-hetero) is 1. The first kappa shape index (κ1) is 24.4. The van der Waals surface area contributed by atoms with E-state index in [2.05, 4.69) is 0 Å². The molecule has 1 fully saturated rings. The monoisotopic (exact) mass is 472 g/mol. The average Bonchev–Trinajstić information content (AvgIpc) is 2.84. The molecule has 0 radical (unpaired) electrons. The van der Waals surface area contributed by atoms with Gasteiger partial charge in [-0.15, -0.1) is 0 Å². The predicted octanol–water partition coefficient (Wildman–Crippen LogP) is 4.52. The van der Waals surface area contributed by atoms with Crippen LogP contribution in [0.25, 0.3) is 12.2 Å². The fourth-order valence-corrected chi connectivity index (χ4v) is 4.57. The molecule has 8 heteroatoms. The van der Waals surface area contributed by atoms with E-state index in [9.17, 15) is 4.79 Å². The number of thioether (sulfide) groups is 1. The van der Waals surface area contributed by atoms with Gasteiger partial charge in [0.1, 0.15) is 0 Å². The quantitative estimate of drug-likeness (QED) is 0.520. The summed E-state index contributed by atoms with van der Waals surface area (Å²) in [6, 6.07) is 7.29. The van der Waals surface area contributed by atoms with Crippen molar-refractivity contribution in [2.24, 2.45) is 0 Å². The van der Waals surface area contributed by atoms with Crippen molar-refractivity contribution in [3.05, 3.63) is 46.5 Å². The molecule has 7 nitrogen and oxygen atoms in total. The van der Waals surface area contributed by atoms with Crippen molar-refractivity contribution in [1.82, 2.24) is 0 Å². The number of hydrogen-bond acceptors (Lipinski definition) is 8. The van der Waals surface area contributed by atoms with Crippen molar-refractivity contribution < 1.29 is 33.2 Å². The largest absolute Gasteiger partial charge is 0.493 e. The number of methoxy groups -OCH3 is 6. The molecule has 0 spiro atoms. The Bertz CT molecular complexity index is 955. The number of ether oxygens (including phenoxy) is 6. The Morgan fingerprint density at radius 3 is 1.21 bits per heavy atom. The summed E-state index contributed by atoms with van der Waals surface area (Å²) < 4.78 is 32.5. The normalized spacial score (nSPS) is 16.0. The summed E-state index contributed by atoms with van der Waals surface area (Å²) in [5.74, 6) is 4.38. The number of hydrogen-bond donors (Lipinski definition) is 0. The maximum absolute atomic E-state index is 13.3.